The number of rotatable bonds is 4. The molecule has 2 heterocycles. The molecule has 2 N–H and O–H groups in total. The highest BCUT2D eigenvalue weighted by molar-refractivity contribution is 5.84. The zero-order valence-corrected chi connectivity index (χ0v) is 14.0. The highest BCUT2D eigenvalue weighted by Gasteiger charge is 2.23. The van der Waals surface area contributed by atoms with Crippen LogP contribution < -0.4 is 5.32 Å². The number of aromatic nitrogens is 1. The molecule has 0 saturated carbocycles. The molecule has 1 aromatic heterocycles. The molecular weight excluding hydrogens is 304 g/mol. The number of nitrogens with one attached hydrogen (secondary N) is 2. The molecule has 128 valence electrons. The average Bonchev–Trinajstić information content (AvgIpc) is 3.03. The third kappa shape index (κ3) is 3.53. The van der Waals surface area contributed by atoms with Gasteiger partial charge in [0.25, 0.3) is 0 Å². The number of aryl methyl sites for hydroxylation is 1. The van der Waals surface area contributed by atoms with Gasteiger partial charge >= 0.3 is 6.03 Å². The number of H-pyrrole nitrogens is 1. The maximum atomic E-state index is 12.4. The molecule has 24 heavy (non-hydrogen) atoms. The van der Waals surface area contributed by atoms with Crippen LogP contribution in [0.1, 0.15) is 18.9 Å². The summed E-state index contributed by atoms with van der Waals surface area (Å²) in [4.78, 5) is 31.1. The minimum absolute atomic E-state index is 0.0385. The van der Waals surface area contributed by atoms with E-state index in [-0.39, 0.29) is 11.9 Å². The smallest absolute Gasteiger partial charge is 0.317 e. The minimum Gasteiger partial charge on any atom is -0.361 e. The highest BCUT2D eigenvalue weighted by Crippen LogP contribution is 2.19. The van der Waals surface area contributed by atoms with Crippen LogP contribution in [-0.4, -0.2) is 59.4 Å². The van der Waals surface area contributed by atoms with Crippen LogP contribution >= 0.6 is 0 Å². The van der Waals surface area contributed by atoms with Crippen molar-refractivity contribution in [2.24, 2.45) is 0 Å². The largest absolute Gasteiger partial charge is 0.361 e. The first kappa shape index (κ1) is 16.4. The maximum Gasteiger partial charge on any atom is 0.317 e. The van der Waals surface area contributed by atoms with E-state index in [4.69, 9.17) is 0 Å². The van der Waals surface area contributed by atoms with E-state index < -0.39 is 0 Å². The summed E-state index contributed by atoms with van der Waals surface area (Å²) in [6.07, 6.45) is 3.23. The summed E-state index contributed by atoms with van der Waals surface area (Å²) in [7, 11) is 0. The Morgan fingerprint density at radius 2 is 1.83 bits per heavy atom. The number of nitrogens with zero attached hydrogens (tertiary/aromatic N) is 2. The van der Waals surface area contributed by atoms with Crippen molar-refractivity contribution in [1.82, 2.24) is 20.1 Å². The summed E-state index contributed by atoms with van der Waals surface area (Å²) < 4.78 is 0. The molecule has 1 fully saturated rings. The average molecular weight is 328 g/mol. The predicted octanol–water partition coefficient (Wildman–Crippen LogP) is 1.97. The van der Waals surface area contributed by atoms with Crippen LogP contribution in [0.3, 0.4) is 0 Å². The number of para-hydroxylation sites is 1. The molecule has 6 heteroatoms. The first-order chi connectivity index (χ1) is 11.7. The van der Waals surface area contributed by atoms with Crippen LogP contribution in [0.25, 0.3) is 10.9 Å². The van der Waals surface area contributed by atoms with Crippen LogP contribution in [0.15, 0.2) is 30.5 Å². The van der Waals surface area contributed by atoms with E-state index in [0.29, 0.717) is 39.1 Å². The van der Waals surface area contributed by atoms with Gasteiger partial charge in [0, 0.05) is 56.2 Å². The molecule has 1 saturated heterocycles. The van der Waals surface area contributed by atoms with Gasteiger partial charge in [-0.05, 0) is 25.0 Å². The lowest BCUT2D eigenvalue weighted by Gasteiger charge is -2.34. The number of aromatic amines is 1. The molecule has 1 aliphatic rings. The van der Waals surface area contributed by atoms with E-state index >= 15 is 0 Å². The number of carbonyl (C=O) groups is 2. The van der Waals surface area contributed by atoms with Crippen molar-refractivity contribution in [1.29, 1.82) is 0 Å². The Balaban J connectivity index is 1.50. The monoisotopic (exact) mass is 328 g/mol. The summed E-state index contributed by atoms with van der Waals surface area (Å²) in [5.41, 5.74) is 2.29. The SMILES string of the molecule is CCNC(=O)N1CCN(C(=O)CCc2c[nH]c3ccccc23)CC1. The Kier molecular flexibility index (Phi) is 5.03. The van der Waals surface area contributed by atoms with Crippen molar-refractivity contribution < 1.29 is 9.59 Å². The van der Waals surface area contributed by atoms with Gasteiger partial charge in [0.2, 0.25) is 5.91 Å². The van der Waals surface area contributed by atoms with Gasteiger partial charge in [0.1, 0.15) is 0 Å². The van der Waals surface area contributed by atoms with Crippen molar-refractivity contribution in [3.05, 3.63) is 36.0 Å². The van der Waals surface area contributed by atoms with Crippen LogP contribution in [0.4, 0.5) is 4.79 Å². The second-order valence-corrected chi connectivity index (χ2v) is 6.06. The number of fused-ring (bicyclic) bond motifs is 1. The van der Waals surface area contributed by atoms with Gasteiger partial charge in [-0.15, -0.1) is 0 Å². The fourth-order valence-corrected chi connectivity index (χ4v) is 3.16. The predicted molar refractivity (Wildman–Crippen MR) is 93.8 cm³/mol. The summed E-state index contributed by atoms with van der Waals surface area (Å²) >= 11 is 0. The van der Waals surface area contributed by atoms with E-state index in [1.165, 1.54) is 10.9 Å². The van der Waals surface area contributed by atoms with Crippen LogP contribution in [-0.2, 0) is 11.2 Å². The molecule has 3 amide bonds. The van der Waals surface area contributed by atoms with Crippen molar-refractivity contribution in [2.45, 2.75) is 19.8 Å². The molecule has 0 bridgehead atoms. The fourth-order valence-electron chi connectivity index (χ4n) is 3.16. The Hall–Kier alpha value is -2.50. The van der Waals surface area contributed by atoms with Crippen molar-refractivity contribution in [3.63, 3.8) is 0 Å². The first-order valence-corrected chi connectivity index (χ1v) is 8.54. The molecule has 1 aliphatic heterocycles. The summed E-state index contributed by atoms with van der Waals surface area (Å²) in [6, 6.07) is 8.10. The second-order valence-electron chi connectivity index (χ2n) is 6.06. The fraction of sp³-hybridized carbons (Fsp3) is 0.444. The molecule has 0 atom stereocenters. The molecule has 6 nitrogen and oxygen atoms in total. The Morgan fingerprint density at radius 1 is 1.12 bits per heavy atom. The molecule has 3 rings (SSSR count). The third-order valence-electron chi connectivity index (χ3n) is 4.53. The highest BCUT2D eigenvalue weighted by atomic mass is 16.2. The van der Waals surface area contributed by atoms with Gasteiger partial charge in [-0.2, -0.15) is 0 Å². The Morgan fingerprint density at radius 3 is 2.58 bits per heavy atom. The summed E-state index contributed by atoms with van der Waals surface area (Å²) in [5.74, 6) is 0.163. The van der Waals surface area contributed by atoms with Gasteiger partial charge in [-0.1, -0.05) is 18.2 Å². The van der Waals surface area contributed by atoms with Gasteiger partial charge in [-0.25, -0.2) is 4.79 Å². The Bertz CT molecular complexity index is 717. The number of piperazine rings is 1. The molecule has 2 aromatic rings. The second kappa shape index (κ2) is 7.38. The number of amides is 3. The molecule has 0 unspecified atom stereocenters. The van der Waals surface area contributed by atoms with Crippen LogP contribution in [0.2, 0.25) is 0 Å². The summed E-state index contributed by atoms with van der Waals surface area (Å²) in [5, 5.41) is 3.99. The molecular formula is C18H24N4O2. The summed E-state index contributed by atoms with van der Waals surface area (Å²) in [6.45, 7) is 4.97. The van der Waals surface area contributed by atoms with Gasteiger partial charge < -0.3 is 20.1 Å². The third-order valence-corrected chi connectivity index (χ3v) is 4.53. The zero-order chi connectivity index (χ0) is 16.9. The lowest BCUT2D eigenvalue weighted by Crippen LogP contribution is -2.53. The quantitative estimate of drug-likeness (QED) is 0.901. The van der Waals surface area contributed by atoms with E-state index in [1.54, 1.807) is 4.90 Å². The zero-order valence-electron chi connectivity index (χ0n) is 14.0. The number of benzene rings is 1. The van der Waals surface area contributed by atoms with Crippen LogP contribution in [0.5, 0.6) is 0 Å². The number of hydrogen-bond acceptors (Lipinski definition) is 2. The normalized spacial score (nSPS) is 14.9. The first-order valence-electron chi connectivity index (χ1n) is 8.54. The Labute approximate surface area is 141 Å². The van der Waals surface area contributed by atoms with E-state index in [9.17, 15) is 9.59 Å². The lowest BCUT2D eigenvalue weighted by atomic mass is 10.1. The number of carbonyl (C=O) groups excluding carboxylic acids is 2. The van der Waals surface area contributed by atoms with E-state index in [2.05, 4.69) is 16.4 Å². The van der Waals surface area contributed by atoms with E-state index in [1.807, 2.05) is 36.2 Å². The van der Waals surface area contributed by atoms with Gasteiger partial charge in [0.05, 0.1) is 0 Å². The van der Waals surface area contributed by atoms with Crippen LogP contribution in [0, 0.1) is 0 Å². The van der Waals surface area contributed by atoms with Crippen molar-refractivity contribution >= 4 is 22.8 Å². The minimum atomic E-state index is -0.0385. The number of hydrogen-bond donors (Lipinski definition) is 2. The van der Waals surface area contributed by atoms with Crippen molar-refractivity contribution in [2.75, 3.05) is 32.7 Å². The maximum absolute atomic E-state index is 12.4. The standard InChI is InChI=1S/C18H24N4O2/c1-2-19-18(24)22-11-9-21(10-12-22)17(23)8-7-14-13-20-16-6-4-3-5-15(14)16/h3-6,13,20H,2,7-12H2,1H3,(H,19,24). The number of urea groups is 1. The molecule has 0 radical (unpaired) electrons. The van der Waals surface area contributed by atoms with Crippen molar-refractivity contribution in [3.8, 4) is 0 Å². The lowest BCUT2D eigenvalue weighted by molar-refractivity contribution is -0.132. The molecule has 1 aromatic carbocycles. The van der Waals surface area contributed by atoms with E-state index in [0.717, 1.165) is 11.9 Å². The molecule has 0 aliphatic carbocycles. The van der Waals surface area contributed by atoms with Gasteiger partial charge in [-0.3, -0.25) is 4.79 Å². The molecule has 0 spiro atoms. The topological polar surface area (TPSA) is 68.4 Å². The van der Waals surface area contributed by atoms with Gasteiger partial charge in [0.15, 0.2) is 0 Å².